The Balaban J connectivity index is 1.85. The third-order valence-electron chi connectivity index (χ3n) is 5.28. The normalized spacial score (nSPS) is 10.7. The molecule has 0 aliphatic rings. The molecule has 0 radical (unpaired) electrons. The monoisotopic (exact) mass is 493 g/mol. The van der Waals surface area contributed by atoms with Crippen LogP contribution in [0.25, 0.3) is 16.5 Å². The number of rotatable bonds is 7. The number of aryl methyl sites for hydroxylation is 1. The van der Waals surface area contributed by atoms with Gasteiger partial charge in [0.05, 0.1) is 37.5 Å². The van der Waals surface area contributed by atoms with Crippen LogP contribution in [0.4, 0.5) is 5.00 Å². The number of nitrogens with zero attached hydrogens (tertiary/aromatic N) is 2. The van der Waals surface area contributed by atoms with Crippen LogP contribution < -0.4 is 20.3 Å². The molecule has 9 nitrogen and oxygen atoms in total. The zero-order valence-corrected chi connectivity index (χ0v) is 20.4. The van der Waals surface area contributed by atoms with Crippen molar-refractivity contribution in [2.75, 3.05) is 26.1 Å². The van der Waals surface area contributed by atoms with E-state index in [4.69, 9.17) is 14.2 Å². The molecule has 1 amide bonds. The van der Waals surface area contributed by atoms with Gasteiger partial charge < -0.3 is 19.5 Å². The molecule has 0 unspecified atom stereocenters. The van der Waals surface area contributed by atoms with Gasteiger partial charge in [0.15, 0.2) is 5.69 Å². The molecule has 35 heavy (non-hydrogen) atoms. The fourth-order valence-corrected chi connectivity index (χ4v) is 4.44. The van der Waals surface area contributed by atoms with E-state index in [9.17, 15) is 14.4 Å². The number of fused-ring (bicyclic) bond motifs is 1. The Bertz CT molecular complexity index is 1470. The lowest BCUT2D eigenvalue weighted by molar-refractivity contribution is 0.0520. The molecule has 0 fully saturated rings. The van der Waals surface area contributed by atoms with Crippen molar-refractivity contribution in [2.24, 2.45) is 0 Å². The molecule has 0 aliphatic heterocycles. The lowest BCUT2D eigenvalue weighted by Crippen LogP contribution is -2.25. The first kappa shape index (κ1) is 24.0. The lowest BCUT2D eigenvalue weighted by atomic mass is 10.1. The van der Waals surface area contributed by atoms with E-state index in [-0.39, 0.29) is 28.3 Å². The van der Waals surface area contributed by atoms with Gasteiger partial charge in [0.25, 0.3) is 11.5 Å². The smallest absolute Gasteiger partial charge is 0.359 e. The predicted octanol–water partition coefficient (Wildman–Crippen LogP) is 4.20. The molecule has 2 aromatic carbocycles. The van der Waals surface area contributed by atoms with E-state index in [0.717, 1.165) is 21.6 Å². The Morgan fingerprint density at radius 1 is 1.09 bits per heavy atom. The van der Waals surface area contributed by atoms with E-state index in [1.165, 1.54) is 14.2 Å². The van der Waals surface area contributed by atoms with Crippen molar-refractivity contribution in [2.45, 2.75) is 13.8 Å². The van der Waals surface area contributed by atoms with E-state index in [1.54, 1.807) is 42.6 Å². The quantitative estimate of drug-likeness (QED) is 0.384. The van der Waals surface area contributed by atoms with Crippen LogP contribution in [0.15, 0.2) is 52.6 Å². The van der Waals surface area contributed by atoms with Crippen LogP contribution in [0.3, 0.4) is 0 Å². The summed E-state index contributed by atoms with van der Waals surface area (Å²) in [5.41, 5.74) is 1.25. The fourth-order valence-electron chi connectivity index (χ4n) is 3.51. The second-order valence-corrected chi connectivity index (χ2v) is 8.38. The molecule has 4 rings (SSSR count). The zero-order valence-electron chi connectivity index (χ0n) is 19.6. The van der Waals surface area contributed by atoms with Crippen LogP contribution in [-0.2, 0) is 4.74 Å². The number of anilines is 1. The maximum Gasteiger partial charge on any atom is 0.359 e. The summed E-state index contributed by atoms with van der Waals surface area (Å²) in [5, 5.41) is 9.44. The van der Waals surface area contributed by atoms with E-state index in [2.05, 4.69) is 10.4 Å². The second kappa shape index (κ2) is 9.98. The van der Waals surface area contributed by atoms with Gasteiger partial charge >= 0.3 is 5.97 Å². The summed E-state index contributed by atoms with van der Waals surface area (Å²) >= 11 is 1.12. The molecule has 1 N–H and O–H groups in total. The number of carbonyl (C=O) groups excluding carboxylic acids is 2. The molecular weight excluding hydrogens is 470 g/mol. The molecule has 0 saturated carbocycles. The highest BCUT2D eigenvalue weighted by atomic mass is 32.1. The van der Waals surface area contributed by atoms with Gasteiger partial charge in [-0.2, -0.15) is 9.78 Å². The average Bonchev–Trinajstić information content (AvgIpc) is 3.28. The van der Waals surface area contributed by atoms with Crippen molar-refractivity contribution < 1.29 is 23.8 Å². The average molecular weight is 494 g/mol. The minimum atomic E-state index is -0.661. The van der Waals surface area contributed by atoms with Gasteiger partial charge in [-0.25, -0.2) is 4.79 Å². The number of aromatic nitrogens is 2. The van der Waals surface area contributed by atoms with E-state index in [1.807, 2.05) is 19.1 Å². The van der Waals surface area contributed by atoms with Gasteiger partial charge in [-0.3, -0.25) is 9.59 Å². The number of hydrogen-bond acceptors (Lipinski definition) is 8. The largest absolute Gasteiger partial charge is 0.497 e. The Hall–Kier alpha value is -4.18. The third-order valence-corrected chi connectivity index (χ3v) is 6.18. The van der Waals surface area contributed by atoms with Crippen LogP contribution in [0, 0.1) is 6.92 Å². The van der Waals surface area contributed by atoms with E-state index in [0.29, 0.717) is 22.6 Å². The Kier molecular flexibility index (Phi) is 6.83. The number of amides is 1. The minimum Gasteiger partial charge on any atom is -0.497 e. The number of thiophene rings is 1. The predicted molar refractivity (Wildman–Crippen MR) is 133 cm³/mol. The molecule has 0 bridgehead atoms. The summed E-state index contributed by atoms with van der Waals surface area (Å²) < 4.78 is 16.8. The summed E-state index contributed by atoms with van der Waals surface area (Å²) in [5.74, 6) is -0.297. The minimum absolute atomic E-state index is 0.0131. The number of methoxy groups -OCH3 is 2. The van der Waals surface area contributed by atoms with Crippen molar-refractivity contribution in [3.8, 4) is 17.2 Å². The van der Waals surface area contributed by atoms with Gasteiger partial charge in [0, 0.05) is 16.8 Å². The first-order chi connectivity index (χ1) is 16.9. The van der Waals surface area contributed by atoms with Crippen LogP contribution in [0.5, 0.6) is 11.5 Å². The maximum atomic E-state index is 13.5. The molecule has 0 atom stereocenters. The highest BCUT2D eigenvalue weighted by Crippen LogP contribution is 2.32. The maximum absolute atomic E-state index is 13.5. The molecular formula is C25H23N3O6S. The highest BCUT2D eigenvalue weighted by molar-refractivity contribution is 7.16. The third kappa shape index (κ3) is 4.60. The summed E-state index contributed by atoms with van der Waals surface area (Å²) in [6, 6.07) is 11.9. The highest BCUT2D eigenvalue weighted by Gasteiger charge is 2.24. The molecule has 10 heteroatoms. The van der Waals surface area contributed by atoms with Crippen LogP contribution in [0.1, 0.15) is 33.3 Å². The van der Waals surface area contributed by atoms with Crippen molar-refractivity contribution in [1.29, 1.82) is 0 Å². The lowest BCUT2D eigenvalue weighted by Gasteiger charge is -2.11. The standard InChI is InChI=1S/C25H23N3O6S/c1-5-34-25(31)21-18-13-35-23(26-22(29)17-11-10-16(32-3)12-19(17)33-4)20(18)24(30)28(27-21)15-8-6-14(2)7-9-15/h6-13H,5H2,1-4H3,(H,26,29). The van der Waals surface area contributed by atoms with Crippen molar-refractivity contribution in [3.05, 3.63) is 75.0 Å². The van der Waals surface area contributed by atoms with Gasteiger partial charge in [-0.15, -0.1) is 11.3 Å². The van der Waals surface area contributed by atoms with E-state index < -0.39 is 17.4 Å². The molecule has 180 valence electrons. The van der Waals surface area contributed by atoms with Gasteiger partial charge in [0.2, 0.25) is 0 Å². The number of esters is 1. The number of nitrogens with one attached hydrogen (secondary N) is 1. The van der Waals surface area contributed by atoms with Gasteiger partial charge in [-0.1, -0.05) is 17.7 Å². The number of carbonyl (C=O) groups is 2. The molecule has 4 aromatic rings. The van der Waals surface area contributed by atoms with Crippen molar-refractivity contribution in [1.82, 2.24) is 9.78 Å². The Morgan fingerprint density at radius 3 is 2.49 bits per heavy atom. The van der Waals surface area contributed by atoms with Gasteiger partial charge in [-0.05, 0) is 38.1 Å². The molecule has 0 spiro atoms. The van der Waals surface area contributed by atoms with Crippen LogP contribution >= 0.6 is 11.3 Å². The summed E-state index contributed by atoms with van der Waals surface area (Å²) in [6.45, 7) is 3.76. The molecule has 2 heterocycles. The first-order valence-electron chi connectivity index (χ1n) is 10.7. The Labute approximate surface area is 204 Å². The number of ether oxygens (including phenoxy) is 3. The summed E-state index contributed by atoms with van der Waals surface area (Å²) in [6.07, 6.45) is 0. The van der Waals surface area contributed by atoms with Crippen molar-refractivity contribution in [3.63, 3.8) is 0 Å². The zero-order chi connectivity index (χ0) is 25.1. The van der Waals surface area contributed by atoms with Crippen LogP contribution in [-0.4, -0.2) is 42.5 Å². The Morgan fingerprint density at radius 2 is 1.83 bits per heavy atom. The van der Waals surface area contributed by atoms with E-state index >= 15 is 0 Å². The first-order valence-corrected chi connectivity index (χ1v) is 11.6. The number of hydrogen-bond donors (Lipinski definition) is 1. The summed E-state index contributed by atoms with van der Waals surface area (Å²) in [4.78, 5) is 39.3. The fraction of sp³-hybridized carbons (Fsp3) is 0.200. The van der Waals surface area contributed by atoms with Gasteiger partial charge in [0.1, 0.15) is 16.5 Å². The molecule has 0 saturated heterocycles. The number of benzene rings is 2. The topological polar surface area (TPSA) is 109 Å². The van der Waals surface area contributed by atoms with Crippen molar-refractivity contribution >= 4 is 39.0 Å². The molecule has 2 aromatic heterocycles. The summed E-state index contributed by atoms with van der Waals surface area (Å²) in [7, 11) is 2.96. The second-order valence-electron chi connectivity index (χ2n) is 7.50. The van der Waals surface area contributed by atoms with Crippen LogP contribution in [0.2, 0.25) is 0 Å². The molecule has 0 aliphatic carbocycles. The SMILES string of the molecule is CCOC(=O)c1nn(-c2ccc(C)cc2)c(=O)c2c(NC(=O)c3ccc(OC)cc3OC)scc12.